The highest BCUT2D eigenvalue weighted by atomic mass is 33.1. The van der Waals surface area contributed by atoms with E-state index in [1.807, 2.05) is 56.3 Å². The van der Waals surface area contributed by atoms with Gasteiger partial charge >= 0.3 is 0 Å². The molecule has 13 nitrogen and oxygen atoms in total. The Hall–Kier alpha value is -2.80. The van der Waals surface area contributed by atoms with Crippen LogP contribution in [0.2, 0.25) is 0 Å². The molecular formula is C32H32N6O7S4. The Bertz CT molecular complexity index is 1980. The van der Waals surface area contributed by atoms with Gasteiger partial charge in [-0.2, -0.15) is 0 Å². The van der Waals surface area contributed by atoms with Crippen LogP contribution in [-0.4, -0.2) is 123 Å². The zero-order valence-electron chi connectivity index (χ0n) is 26.6. The van der Waals surface area contributed by atoms with Crippen molar-refractivity contribution in [2.24, 2.45) is 5.92 Å². The van der Waals surface area contributed by atoms with Crippen molar-refractivity contribution < 1.29 is 34.5 Å². The van der Waals surface area contributed by atoms with Crippen molar-refractivity contribution in [1.82, 2.24) is 19.6 Å². The number of amides is 4. The number of aliphatic hydroxyl groups is 3. The Labute approximate surface area is 296 Å². The molecule has 4 bridgehead atoms. The minimum Gasteiger partial charge on any atom is -0.392 e. The van der Waals surface area contributed by atoms with Gasteiger partial charge in [-0.05, 0) is 61.6 Å². The largest absolute Gasteiger partial charge is 0.392 e. The van der Waals surface area contributed by atoms with E-state index in [9.17, 15) is 29.7 Å². The lowest BCUT2D eigenvalue weighted by Gasteiger charge is -2.60. The molecule has 10 aliphatic heterocycles. The van der Waals surface area contributed by atoms with Crippen LogP contribution in [0.15, 0.2) is 48.5 Å². The van der Waals surface area contributed by atoms with Crippen LogP contribution in [0.5, 0.6) is 0 Å². The molecular weight excluding hydrogens is 709 g/mol. The van der Waals surface area contributed by atoms with Gasteiger partial charge in [0.1, 0.15) is 24.5 Å². The van der Waals surface area contributed by atoms with E-state index in [1.165, 1.54) is 48.2 Å². The summed E-state index contributed by atoms with van der Waals surface area (Å²) < 4.78 is 0. The van der Waals surface area contributed by atoms with Gasteiger partial charge in [-0.1, -0.05) is 61.0 Å². The summed E-state index contributed by atoms with van der Waals surface area (Å²) in [5.74, 6) is -2.18. The summed E-state index contributed by atoms with van der Waals surface area (Å²) >= 11 is 0. The van der Waals surface area contributed by atoms with Gasteiger partial charge in [0, 0.05) is 25.5 Å². The number of benzene rings is 2. The third kappa shape index (κ3) is 2.63. The van der Waals surface area contributed by atoms with E-state index in [-0.39, 0.29) is 11.8 Å². The van der Waals surface area contributed by atoms with Crippen molar-refractivity contribution in [3.63, 3.8) is 0 Å². The van der Waals surface area contributed by atoms with Gasteiger partial charge in [0.15, 0.2) is 4.87 Å². The number of piperazine rings is 2. The number of fused-ring (bicyclic) bond motifs is 11. The van der Waals surface area contributed by atoms with E-state index in [1.54, 1.807) is 13.1 Å². The first-order valence-corrected chi connectivity index (χ1v) is 20.3. The smallest absolute Gasteiger partial charge is 0.265 e. The average molecular weight is 741 g/mol. The van der Waals surface area contributed by atoms with E-state index in [0.717, 1.165) is 21.6 Å². The molecule has 10 heterocycles. The van der Waals surface area contributed by atoms with Gasteiger partial charge in [0.05, 0.1) is 17.4 Å². The average Bonchev–Trinajstić information content (AvgIpc) is 3.75. The zero-order chi connectivity index (χ0) is 34.4. The van der Waals surface area contributed by atoms with Crippen LogP contribution in [0.4, 0.5) is 11.4 Å². The van der Waals surface area contributed by atoms with Crippen molar-refractivity contribution in [3.05, 3.63) is 59.7 Å². The van der Waals surface area contributed by atoms with Crippen LogP contribution in [0, 0.1) is 5.92 Å². The van der Waals surface area contributed by atoms with E-state index in [4.69, 9.17) is 0 Å². The molecule has 2 aromatic carbocycles. The number of carbonyl (C=O) groups excluding carboxylic acids is 4. The molecule has 2 spiro atoms. The Morgan fingerprint density at radius 2 is 1.16 bits per heavy atom. The van der Waals surface area contributed by atoms with Crippen molar-refractivity contribution in [2.45, 2.75) is 68.7 Å². The van der Waals surface area contributed by atoms with Gasteiger partial charge in [0.2, 0.25) is 14.6 Å². The van der Waals surface area contributed by atoms with Gasteiger partial charge in [0.25, 0.3) is 23.6 Å². The fourth-order valence-corrected chi connectivity index (χ4v) is 18.4. The highest BCUT2D eigenvalue weighted by Gasteiger charge is 2.93. The fraction of sp³-hybridized carbons (Fsp3) is 0.500. The minimum absolute atomic E-state index is 0.297. The predicted octanol–water partition coefficient (Wildman–Crippen LogP) is 0.939. The summed E-state index contributed by atoms with van der Waals surface area (Å²) in [5.41, 5.74) is -1.13. The quantitative estimate of drug-likeness (QED) is 0.283. The Kier molecular flexibility index (Phi) is 5.67. The van der Waals surface area contributed by atoms with Gasteiger partial charge < -0.3 is 35.8 Å². The number of rotatable bonds is 3. The molecule has 4 unspecified atom stereocenters. The molecule has 49 heavy (non-hydrogen) atoms. The molecule has 10 atom stereocenters. The molecule has 4 amide bonds. The number of para-hydroxylation sites is 2. The first-order valence-electron chi connectivity index (χ1n) is 16.0. The SMILES string of the molecule is CC(C)C12SS[C@]3(C(=O)N1C)[C@@H](O)C1(C45c6ccccc6N[C@H]4N4C(=O)C6(CO)SS[C@]4(C(=O)N6C)[C@H]5O)c4ccccc4N[C@@H]1N3C2=O. The molecule has 12 rings (SSSR count). The van der Waals surface area contributed by atoms with Crippen molar-refractivity contribution in [1.29, 1.82) is 0 Å². The summed E-state index contributed by atoms with van der Waals surface area (Å²) in [6.07, 6.45) is -5.53. The third-order valence-electron chi connectivity index (χ3n) is 12.7. The Balaban J connectivity index is 1.34. The number of nitrogens with one attached hydrogen (secondary N) is 2. The molecule has 0 saturated carbocycles. The Morgan fingerprint density at radius 1 is 0.694 bits per heavy atom. The zero-order valence-corrected chi connectivity index (χ0v) is 29.9. The van der Waals surface area contributed by atoms with Crippen LogP contribution in [0.3, 0.4) is 0 Å². The number of nitrogens with zero attached hydrogens (tertiary/aromatic N) is 4. The molecule has 0 aliphatic carbocycles. The molecule has 0 radical (unpaired) electrons. The molecule has 256 valence electrons. The first-order chi connectivity index (χ1) is 23.3. The molecule has 5 N–H and O–H groups in total. The Morgan fingerprint density at radius 3 is 1.67 bits per heavy atom. The van der Waals surface area contributed by atoms with Crippen molar-refractivity contribution >= 4 is 78.2 Å². The summed E-state index contributed by atoms with van der Waals surface area (Å²) in [5, 5.41) is 44.5. The first kappa shape index (κ1) is 31.0. The summed E-state index contributed by atoms with van der Waals surface area (Å²) in [6.45, 7) is 3.13. The number of anilines is 2. The fourth-order valence-electron chi connectivity index (χ4n) is 10.5. The van der Waals surface area contributed by atoms with Crippen LogP contribution in [0.25, 0.3) is 0 Å². The second-order valence-electron chi connectivity index (χ2n) is 14.3. The summed E-state index contributed by atoms with van der Waals surface area (Å²) in [4.78, 5) is 58.4. The lowest BCUT2D eigenvalue weighted by molar-refractivity contribution is -0.169. The molecule has 8 fully saturated rings. The molecule has 2 aromatic rings. The maximum absolute atomic E-state index is 15.1. The van der Waals surface area contributed by atoms with Gasteiger partial charge in [-0.15, -0.1) is 0 Å². The maximum atomic E-state index is 15.1. The monoisotopic (exact) mass is 740 g/mol. The standard InChI is InChI=1S/C32H32N6O7S4/c1-14(2)30-26(45)38-22-29(16-10-6-8-12-18(16)34-22,20(41)32(38,49-47-30)25(44)36(30)4)28-15-9-5-7-11-17(15)33-21(28)37-23(42)27(13-39)35(3)24(43)31(37,19(28)40)48-46-27/h5-12,14,19-22,33-34,39-41H,13H2,1-4H3/t19-,20-,21-,22+,27?,28?,29?,30?,31-,32-/m0/s1. The lowest BCUT2D eigenvalue weighted by Crippen LogP contribution is -2.79. The summed E-state index contributed by atoms with van der Waals surface area (Å²) in [7, 11) is 7.57. The topological polar surface area (TPSA) is 166 Å². The van der Waals surface area contributed by atoms with Crippen LogP contribution < -0.4 is 10.6 Å². The maximum Gasteiger partial charge on any atom is 0.265 e. The molecule has 0 aromatic heterocycles. The van der Waals surface area contributed by atoms with Crippen LogP contribution in [-0.2, 0) is 30.0 Å². The van der Waals surface area contributed by atoms with E-state index in [2.05, 4.69) is 10.6 Å². The molecule has 8 saturated heterocycles. The number of hydrogen-bond donors (Lipinski definition) is 5. The minimum atomic E-state index is -1.87. The number of hydrogen-bond acceptors (Lipinski definition) is 13. The van der Waals surface area contributed by atoms with Crippen molar-refractivity contribution in [2.75, 3.05) is 31.3 Å². The van der Waals surface area contributed by atoms with Gasteiger partial charge in [-0.3, -0.25) is 29.0 Å². The molecule has 17 heteroatoms. The van der Waals surface area contributed by atoms with Gasteiger partial charge in [-0.25, -0.2) is 0 Å². The number of aliphatic hydroxyl groups excluding tert-OH is 3. The predicted molar refractivity (Wildman–Crippen MR) is 186 cm³/mol. The summed E-state index contributed by atoms with van der Waals surface area (Å²) in [6, 6.07) is 14.6. The van der Waals surface area contributed by atoms with Crippen molar-refractivity contribution in [3.8, 4) is 0 Å². The van der Waals surface area contributed by atoms with Crippen LogP contribution >= 0.6 is 43.2 Å². The van der Waals surface area contributed by atoms with Crippen LogP contribution in [0.1, 0.15) is 25.0 Å². The normalized spacial score (nSPS) is 45.0. The number of likely N-dealkylation sites (N-methyl/N-ethyl adjacent to an activating group) is 2. The van der Waals surface area contributed by atoms with E-state index < -0.39 is 79.2 Å². The molecule has 10 aliphatic rings. The third-order valence-corrected chi connectivity index (χ3v) is 20.2. The second kappa shape index (κ2) is 8.97. The van der Waals surface area contributed by atoms with E-state index in [0.29, 0.717) is 22.5 Å². The van der Waals surface area contributed by atoms with E-state index >= 15 is 4.79 Å². The second-order valence-corrected chi connectivity index (χ2v) is 19.5. The number of carbonyl (C=O) groups is 4. The highest BCUT2D eigenvalue weighted by Crippen LogP contribution is 2.78. The highest BCUT2D eigenvalue weighted by molar-refractivity contribution is 8.78. The lowest BCUT2D eigenvalue weighted by atomic mass is 9.52.